The molecule has 0 bridgehead atoms. The normalized spacial score (nSPS) is 13.9. The highest BCUT2D eigenvalue weighted by molar-refractivity contribution is 5.35. The second kappa shape index (κ2) is 4.06. The van der Waals surface area contributed by atoms with Gasteiger partial charge in [-0.05, 0) is 6.07 Å². The van der Waals surface area contributed by atoms with Crippen LogP contribution in [0.2, 0.25) is 0 Å². The van der Waals surface area contributed by atoms with Crippen molar-refractivity contribution in [3.63, 3.8) is 0 Å². The van der Waals surface area contributed by atoms with Crippen LogP contribution in [-0.2, 0) is 0 Å². The number of nitrogens with two attached hydrogens (primary N) is 1. The lowest BCUT2D eigenvalue weighted by atomic mass is 10.0. The van der Waals surface area contributed by atoms with Crippen molar-refractivity contribution in [1.29, 1.82) is 0 Å². The maximum absolute atomic E-state index is 12.8. The maximum atomic E-state index is 12.8. The SMILES string of the molecule is N[C@H](CC(F)(F)F)c1cccc(F)c1O. The van der Waals surface area contributed by atoms with Crippen molar-refractivity contribution in [2.75, 3.05) is 0 Å². The number of benzene rings is 1. The summed E-state index contributed by atoms with van der Waals surface area (Å²) in [4.78, 5) is 0. The smallest absolute Gasteiger partial charge is 0.390 e. The Bertz CT molecular complexity index is 350. The van der Waals surface area contributed by atoms with E-state index in [1.807, 2.05) is 0 Å². The van der Waals surface area contributed by atoms with Crippen LogP contribution in [0.3, 0.4) is 0 Å². The monoisotopic (exact) mass is 223 g/mol. The van der Waals surface area contributed by atoms with Gasteiger partial charge in [0.25, 0.3) is 0 Å². The second-order valence-corrected chi connectivity index (χ2v) is 3.10. The van der Waals surface area contributed by atoms with Crippen LogP contribution in [0.5, 0.6) is 5.75 Å². The molecule has 15 heavy (non-hydrogen) atoms. The molecular weight excluding hydrogens is 214 g/mol. The first kappa shape index (κ1) is 11.8. The van der Waals surface area contributed by atoms with Gasteiger partial charge in [0.1, 0.15) is 0 Å². The molecule has 0 radical (unpaired) electrons. The molecule has 1 aromatic carbocycles. The Kier molecular flexibility index (Phi) is 3.18. The van der Waals surface area contributed by atoms with Crippen LogP contribution in [0.4, 0.5) is 17.6 Å². The first-order valence-electron chi connectivity index (χ1n) is 4.11. The van der Waals surface area contributed by atoms with E-state index in [2.05, 4.69) is 0 Å². The van der Waals surface area contributed by atoms with Crippen molar-refractivity contribution in [2.24, 2.45) is 5.73 Å². The molecule has 0 spiro atoms. The lowest BCUT2D eigenvalue weighted by molar-refractivity contribution is -0.138. The van der Waals surface area contributed by atoms with Crippen LogP contribution in [0.25, 0.3) is 0 Å². The minimum atomic E-state index is -4.45. The molecule has 0 aromatic heterocycles. The molecule has 1 aromatic rings. The minimum Gasteiger partial charge on any atom is -0.505 e. The molecule has 0 aliphatic carbocycles. The van der Waals surface area contributed by atoms with Crippen LogP contribution < -0.4 is 5.73 Å². The van der Waals surface area contributed by atoms with E-state index in [1.165, 1.54) is 6.07 Å². The van der Waals surface area contributed by atoms with Crippen molar-refractivity contribution >= 4 is 0 Å². The fourth-order valence-electron chi connectivity index (χ4n) is 1.19. The minimum absolute atomic E-state index is 0.243. The summed E-state index contributed by atoms with van der Waals surface area (Å²) in [6.07, 6.45) is -5.75. The van der Waals surface area contributed by atoms with Crippen LogP contribution in [0.1, 0.15) is 18.0 Å². The van der Waals surface area contributed by atoms with Gasteiger partial charge in [0.05, 0.1) is 6.42 Å². The number of para-hydroxylation sites is 1. The summed E-state index contributed by atoms with van der Waals surface area (Å²) in [5.41, 5.74) is 4.96. The topological polar surface area (TPSA) is 46.2 Å². The molecule has 0 saturated heterocycles. The molecule has 6 heteroatoms. The number of aromatic hydroxyl groups is 1. The Morgan fingerprint density at radius 2 is 1.93 bits per heavy atom. The van der Waals surface area contributed by atoms with E-state index in [-0.39, 0.29) is 5.56 Å². The molecule has 84 valence electrons. The van der Waals surface area contributed by atoms with Crippen molar-refractivity contribution in [3.8, 4) is 5.75 Å². The van der Waals surface area contributed by atoms with E-state index in [0.29, 0.717) is 0 Å². The predicted molar refractivity (Wildman–Crippen MR) is 45.7 cm³/mol. The third-order valence-electron chi connectivity index (χ3n) is 1.87. The number of hydrogen-bond acceptors (Lipinski definition) is 2. The molecule has 1 atom stereocenters. The average Bonchev–Trinajstić information content (AvgIpc) is 2.06. The van der Waals surface area contributed by atoms with Gasteiger partial charge < -0.3 is 10.8 Å². The van der Waals surface area contributed by atoms with Crippen molar-refractivity contribution in [2.45, 2.75) is 18.6 Å². The van der Waals surface area contributed by atoms with Gasteiger partial charge in [-0.25, -0.2) is 4.39 Å². The highest BCUT2D eigenvalue weighted by Gasteiger charge is 2.32. The highest BCUT2D eigenvalue weighted by Crippen LogP contribution is 2.32. The summed E-state index contributed by atoms with van der Waals surface area (Å²) in [7, 11) is 0. The Labute approximate surface area is 83.3 Å². The summed E-state index contributed by atoms with van der Waals surface area (Å²) >= 11 is 0. The van der Waals surface area contributed by atoms with Gasteiger partial charge >= 0.3 is 6.18 Å². The number of alkyl halides is 3. The lowest BCUT2D eigenvalue weighted by Gasteiger charge is -2.15. The van der Waals surface area contributed by atoms with Gasteiger partial charge in [-0.2, -0.15) is 13.2 Å². The Balaban J connectivity index is 2.92. The standard InChI is InChI=1S/C9H9F4NO/c10-6-3-1-2-5(8(6)15)7(14)4-9(11,12)13/h1-3,7,15H,4,14H2/t7-/m1/s1. The molecule has 1 rings (SSSR count). The summed E-state index contributed by atoms with van der Waals surface area (Å²) in [6, 6.07) is 1.84. The van der Waals surface area contributed by atoms with E-state index in [0.717, 1.165) is 12.1 Å². The number of phenolic OH excluding ortho intramolecular Hbond substituents is 1. The van der Waals surface area contributed by atoms with Crippen LogP contribution in [-0.4, -0.2) is 11.3 Å². The molecule has 0 heterocycles. The molecule has 0 amide bonds. The zero-order chi connectivity index (χ0) is 11.6. The van der Waals surface area contributed by atoms with E-state index >= 15 is 0 Å². The van der Waals surface area contributed by atoms with Crippen molar-refractivity contribution in [3.05, 3.63) is 29.6 Å². The van der Waals surface area contributed by atoms with Gasteiger partial charge in [-0.1, -0.05) is 12.1 Å². The van der Waals surface area contributed by atoms with Crippen LogP contribution in [0, 0.1) is 5.82 Å². The molecule has 0 aliphatic rings. The largest absolute Gasteiger partial charge is 0.505 e. The third-order valence-corrected chi connectivity index (χ3v) is 1.87. The number of halogens is 4. The molecule has 0 saturated carbocycles. The van der Waals surface area contributed by atoms with Crippen molar-refractivity contribution < 1.29 is 22.7 Å². The van der Waals surface area contributed by atoms with E-state index < -0.39 is 30.2 Å². The first-order valence-corrected chi connectivity index (χ1v) is 4.11. The Morgan fingerprint density at radius 1 is 1.33 bits per heavy atom. The first-order chi connectivity index (χ1) is 6.81. The summed E-state index contributed by atoms with van der Waals surface area (Å²) in [6.45, 7) is 0. The second-order valence-electron chi connectivity index (χ2n) is 3.10. The van der Waals surface area contributed by atoms with Gasteiger partial charge in [-0.3, -0.25) is 0 Å². The van der Waals surface area contributed by atoms with E-state index in [4.69, 9.17) is 10.8 Å². The summed E-state index contributed by atoms with van der Waals surface area (Å²) in [5, 5.41) is 9.14. The molecule has 0 unspecified atom stereocenters. The average molecular weight is 223 g/mol. The van der Waals surface area contributed by atoms with E-state index in [9.17, 15) is 17.6 Å². The van der Waals surface area contributed by atoms with Crippen molar-refractivity contribution in [1.82, 2.24) is 0 Å². The Hall–Kier alpha value is -1.30. The predicted octanol–water partition coefficient (Wildman–Crippen LogP) is 2.48. The van der Waals surface area contributed by atoms with E-state index in [1.54, 1.807) is 0 Å². The van der Waals surface area contributed by atoms with Gasteiger partial charge in [-0.15, -0.1) is 0 Å². The highest BCUT2D eigenvalue weighted by atomic mass is 19.4. The molecule has 2 nitrogen and oxygen atoms in total. The number of phenols is 1. The maximum Gasteiger partial charge on any atom is 0.390 e. The van der Waals surface area contributed by atoms with Gasteiger partial charge in [0, 0.05) is 11.6 Å². The molecule has 0 aliphatic heterocycles. The van der Waals surface area contributed by atoms with Gasteiger partial charge in [0.2, 0.25) is 0 Å². The van der Waals surface area contributed by atoms with Crippen LogP contribution in [0.15, 0.2) is 18.2 Å². The fourth-order valence-corrected chi connectivity index (χ4v) is 1.19. The van der Waals surface area contributed by atoms with Gasteiger partial charge in [0.15, 0.2) is 11.6 Å². The Morgan fingerprint density at radius 3 is 2.47 bits per heavy atom. The summed E-state index contributed by atoms with van der Waals surface area (Å²) < 4.78 is 48.7. The fraction of sp³-hybridized carbons (Fsp3) is 0.333. The van der Waals surface area contributed by atoms with Crippen LogP contribution >= 0.6 is 0 Å². The lowest BCUT2D eigenvalue weighted by Crippen LogP contribution is -2.20. The molecule has 3 N–H and O–H groups in total. The number of rotatable bonds is 2. The number of hydrogen-bond donors (Lipinski definition) is 2. The zero-order valence-electron chi connectivity index (χ0n) is 7.55. The molecule has 0 fully saturated rings. The zero-order valence-corrected chi connectivity index (χ0v) is 7.55. The third kappa shape index (κ3) is 3.09. The summed E-state index contributed by atoms with van der Waals surface area (Å²) in [5.74, 6) is -1.81. The quantitative estimate of drug-likeness (QED) is 0.756. The molecular formula is C9H9F4NO.